The van der Waals surface area contributed by atoms with E-state index in [2.05, 4.69) is 6.92 Å². The molecule has 112 valence electrons. The van der Waals surface area contributed by atoms with E-state index in [-0.39, 0.29) is 5.69 Å². The van der Waals surface area contributed by atoms with Crippen LogP contribution >= 0.6 is 11.6 Å². The van der Waals surface area contributed by atoms with E-state index in [9.17, 15) is 10.1 Å². The summed E-state index contributed by atoms with van der Waals surface area (Å²) in [6, 6.07) is 4.42. The van der Waals surface area contributed by atoms with Crippen LogP contribution in [-0.2, 0) is 11.3 Å². The van der Waals surface area contributed by atoms with E-state index < -0.39 is 4.92 Å². The molecule has 20 heavy (non-hydrogen) atoms. The summed E-state index contributed by atoms with van der Waals surface area (Å²) >= 11 is 6.00. The smallest absolute Gasteiger partial charge is 0.269 e. The molecule has 0 aliphatic rings. The normalized spacial score (nSPS) is 10.7. The van der Waals surface area contributed by atoms with Crippen molar-refractivity contribution in [3.8, 4) is 0 Å². The standard InChI is InChI=1S/C15H22ClNO3/c1-2-3-4-5-6-7-10-20-12-13-11-14(17(18)19)8-9-15(13)16/h8-9,11H,2-7,10,12H2,1H3. The van der Waals surface area contributed by atoms with Crippen LogP contribution in [0.5, 0.6) is 0 Å². The highest BCUT2D eigenvalue weighted by molar-refractivity contribution is 6.31. The van der Waals surface area contributed by atoms with E-state index in [1.54, 1.807) is 6.07 Å². The number of nitrogens with zero attached hydrogens (tertiary/aromatic N) is 1. The highest BCUT2D eigenvalue weighted by atomic mass is 35.5. The Bertz CT molecular complexity index is 424. The lowest BCUT2D eigenvalue weighted by molar-refractivity contribution is -0.384. The van der Waals surface area contributed by atoms with Crippen LogP contribution in [0.3, 0.4) is 0 Å². The van der Waals surface area contributed by atoms with Gasteiger partial charge in [-0.2, -0.15) is 0 Å². The maximum absolute atomic E-state index is 10.7. The van der Waals surface area contributed by atoms with Crippen molar-refractivity contribution in [3.05, 3.63) is 38.9 Å². The summed E-state index contributed by atoms with van der Waals surface area (Å²) in [5.41, 5.74) is 0.722. The van der Waals surface area contributed by atoms with Crippen LogP contribution < -0.4 is 0 Å². The van der Waals surface area contributed by atoms with Gasteiger partial charge < -0.3 is 4.74 Å². The maximum atomic E-state index is 10.7. The molecule has 0 amide bonds. The quantitative estimate of drug-likeness (QED) is 0.342. The minimum atomic E-state index is -0.423. The van der Waals surface area contributed by atoms with Gasteiger partial charge in [0, 0.05) is 29.3 Å². The molecule has 0 bridgehead atoms. The molecule has 0 heterocycles. The minimum Gasteiger partial charge on any atom is -0.377 e. The summed E-state index contributed by atoms with van der Waals surface area (Å²) in [4.78, 5) is 10.3. The second-order valence-electron chi connectivity index (χ2n) is 4.85. The van der Waals surface area contributed by atoms with E-state index in [4.69, 9.17) is 16.3 Å². The third kappa shape index (κ3) is 6.35. The van der Waals surface area contributed by atoms with Crippen molar-refractivity contribution in [2.45, 2.75) is 52.1 Å². The Hall–Kier alpha value is -1.13. The van der Waals surface area contributed by atoms with Crippen molar-refractivity contribution in [1.29, 1.82) is 0 Å². The first kappa shape index (κ1) is 16.9. The summed E-state index contributed by atoms with van der Waals surface area (Å²) in [7, 11) is 0. The molecule has 0 spiro atoms. The highest BCUT2D eigenvalue weighted by Crippen LogP contribution is 2.22. The van der Waals surface area contributed by atoms with E-state index in [1.807, 2.05) is 0 Å². The van der Waals surface area contributed by atoms with Crippen LogP contribution in [0.15, 0.2) is 18.2 Å². The number of unbranched alkanes of at least 4 members (excludes halogenated alkanes) is 5. The fraction of sp³-hybridized carbons (Fsp3) is 0.600. The zero-order valence-electron chi connectivity index (χ0n) is 11.9. The lowest BCUT2D eigenvalue weighted by atomic mass is 10.1. The number of rotatable bonds is 10. The van der Waals surface area contributed by atoms with Crippen molar-refractivity contribution < 1.29 is 9.66 Å². The Morgan fingerprint density at radius 3 is 2.60 bits per heavy atom. The molecule has 0 unspecified atom stereocenters. The number of benzene rings is 1. The van der Waals surface area contributed by atoms with Gasteiger partial charge in [0.25, 0.3) is 5.69 Å². The zero-order valence-corrected chi connectivity index (χ0v) is 12.7. The van der Waals surface area contributed by atoms with Gasteiger partial charge in [-0.3, -0.25) is 10.1 Å². The van der Waals surface area contributed by atoms with Gasteiger partial charge in [-0.1, -0.05) is 50.6 Å². The van der Waals surface area contributed by atoms with E-state index in [0.29, 0.717) is 23.8 Å². The fourth-order valence-corrected chi connectivity index (χ4v) is 2.12. The second kappa shape index (κ2) is 9.72. The largest absolute Gasteiger partial charge is 0.377 e. The van der Waals surface area contributed by atoms with Crippen molar-refractivity contribution in [2.24, 2.45) is 0 Å². The fourth-order valence-electron chi connectivity index (χ4n) is 1.95. The van der Waals surface area contributed by atoms with Gasteiger partial charge in [-0.05, 0) is 12.5 Å². The molecular weight excluding hydrogens is 278 g/mol. The predicted octanol–water partition coefficient (Wildman–Crippen LogP) is 5.13. The third-order valence-corrected chi connectivity index (χ3v) is 3.51. The zero-order chi connectivity index (χ0) is 14.8. The van der Waals surface area contributed by atoms with Crippen molar-refractivity contribution >= 4 is 17.3 Å². The molecule has 1 aromatic carbocycles. The molecule has 4 nitrogen and oxygen atoms in total. The number of nitro benzene ring substituents is 1. The van der Waals surface area contributed by atoms with Crippen molar-refractivity contribution in [1.82, 2.24) is 0 Å². The Kier molecular flexibility index (Phi) is 8.23. The SMILES string of the molecule is CCCCCCCCOCc1cc([N+](=O)[O-])ccc1Cl. The van der Waals surface area contributed by atoms with E-state index in [0.717, 1.165) is 6.42 Å². The lowest BCUT2D eigenvalue weighted by Crippen LogP contribution is -1.98. The molecule has 1 aromatic rings. The maximum Gasteiger partial charge on any atom is 0.269 e. The number of non-ortho nitro benzene ring substituents is 1. The number of nitro groups is 1. The van der Waals surface area contributed by atoms with Gasteiger partial charge in [-0.15, -0.1) is 0 Å². The number of ether oxygens (including phenoxy) is 1. The number of hydrogen-bond donors (Lipinski definition) is 0. The van der Waals surface area contributed by atoms with Crippen molar-refractivity contribution in [3.63, 3.8) is 0 Å². The van der Waals surface area contributed by atoms with Crippen molar-refractivity contribution in [2.75, 3.05) is 6.61 Å². The van der Waals surface area contributed by atoms with Crippen LogP contribution in [0.2, 0.25) is 5.02 Å². The molecular formula is C15H22ClNO3. The Morgan fingerprint density at radius 2 is 1.90 bits per heavy atom. The Balaban J connectivity index is 2.24. The minimum absolute atomic E-state index is 0.0487. The molecule has 0 N–H and O–H groups in total. The van der Waals surface area contributed by atoms with Gasteiger partial charge >= 0.3 is 0 Å². The van der Waals surface area contributed by atoms with Gasteiger partial charge in [0.15, 0.2) is 0 Å². The molecule has 0 aromatic heterocycles. The molecule has 0 saturated carbocycles. The van der Waals surface area contributed by atoms with Crippen LogP contribution in [-0.4, -0.2) is 11.5 Å². The van der Waals surface area contributed by atoms with Gasteiger partial charge in [-0.25, -0.2) is 0 Å². The summed E-state index contributed by atoms with van der Waals surface area (Å²) in [6.07, 6.45) is 7.27. The van der Waals surface area contributed by atoms with Gasteiger partial charge in [0.2, 0.25) is 0 Å². The third-order valence-electron chi connectivity index (χ3n) is 3.14. The van der Waals surface area contributed by atoms with Crippen LogP contribution in [0.1, 0.15) is 51.0 Å². The first-order valence-electron chi connectivity index (χ1n) is 7.15. The summed E-state index contributed by atoms with van der Waals surface area (Å²) in [6.45, 7) is 3.20. The van der Waals surface area contributed by atoms with Gasteiger partial charge in [0.1, 0.15) is 0 Å². The lowest BCUT2D eigenvalue weighted by Gasteiger charge is -2.06. The summed E-state index contributed by atoms with van der Waals surface area (Å²) < 4.78 is 5.53. The van der Waals surface area contributed by atoms with Crippen LogP contribution in [0.4, 0.5) is 5.69 Å². The molecule has 0 atom stereocenters. The Labute approximate surface area is 125 Å². The molecule has 0 aliphatic heterocycles. The van der Waals surface area contributed by atoms with E-state index >= 15 is 0 Å². The summed E-state index contributed by atoms with van der Waals surface area (Å²) in [5.74, 6) is 0. The molecule has 0 fully saturated rings. The van der Waals surface area contributed by atoms with Gasteiger partial charge in [0.05, 0.1) is 11.5 Å². The van der Waals surface area contributed by atoms with E-state index in [1.165, 1.54) is 44.2 Å². The topological polar surface area (TPSA) is 52.4 Å². The van der Waals surface area contributed by atoms with Crippen LogP contribution in [0, 0.1) is 10.1 Å². The average molecular weight is 300 g/mol. The first-order chi connectivity index (χ1) is 9.65. The molecule has 0 radical (unpaired) electrons. The monoisotopic (exact) mass is 299 g/mol. The first-order valence-corrected chi connectivity index (χ1v) is 7.53. The average Bonchev–Trinajstić information content (AvgIpc) is 2.43. The number of hydrogen-bond acceptors (Lipinski definition) is 3. The molecule has 1 rings (SSSR count). The van der Waals surface area contributed by atoms with Crippen LogP contribution in [0.25, 0.3) is 0 Å². The number of halogens is 1. The Morgan fingerprint density at radius 1 is 1.20 bits per heavy atom. The highest BCUT2D eigenvalue weighted by Gasteiger charge is 2.09. The molecule has 0 aliphatic carbocycles. The second-order valence-corrected chi connectivity index (χ2v) is 5.26. The summed E-state index contributed by atoms with van der Waals surface area (Å²) in [5, 5.41) is 11.2. The molecule has 5 heteroatoms. The predicted molar refractivity (Wildman–Crippen MR) is 81.1 cm³/mol. The molecule has 0 saturated heterocycles.